The Kier molecular flexibility index (Phi) is 2.83. The number of fused-ring (bicyclic) bond motifs is 1. The fourth-order valence-corrected chi connectivity index (χ4v) is 3.02. The molecule has 0 radical (unpaired) electrons. The lowest BCUT2D eigenvalue weighted by Gasteiger charge is -2.16. The van der Waals surface area contributed by atoms with E-state index in [0.29, 0.717) is 16.1 Å². The van der Waals surface area contributed by atoms with Crippen LogP contribution in [0.5, 0.6) is 0 Å². The number of thiophene rings is 1. The quantitative estimate of drug-likeness (QED) is 0.915. The number of carboxylic acid groups (broad SMARTS) is 1. The van der Waals surface area contributed by atoms with Gasteiger partial charge in [0.05, 0.1) is 4.88 Å². The van der Waals surface area contributed by atoms with E-state index in [4.69, 9.17) is 0 Å². The van der Waals surface area contributed by atoms with E-state index in [9.17, 15) is 14.7 Å². The van der Waals surface area contributed by atoms with Crippen LogP contribution in [0.4, 0.5) is 5.69 Å². The first kappa shape index (κ1) is 11.9. The molecular formula is C14H11NO3S. The standard InChI is InChI=1S/C14H11NO3S/c16-13(12-6-3-7-19-12)15-8-10(14(17)18)9-4-1-2-5-11(9)15/h1-7,10H,8H2,(H,17,18)/t10-/m0/s1. The van der Waals surface area contributed by atoms with E-state index < -0.39 is 11.9 Å². The van der Waals surface area contributed by atoms with Gasteiger partial charge in [0.15, 0.2) is 0 Å². The number of para-hydroxylation sites is 1. The van der Waals surface area contributed by atoms with E-state index in [1.165, 1.54) is 11.3 Å². The molecule has 2 heterocycles. The van der Waals surface area contributed by atoms with Crippen molar-refractivity contribution in [1.82, 2.24) is 0 Å². The summed E-state index contributed by atoms with van der Waals surface area (Å²) in [5.41, 5.74) is 1.41. The summed E-state index contributed by atoms with van der Waals surface area (Å²) in [7, 11) is 0. The molecule has 0 fully saturated rings. The van der Waals surface area contributed by atoms with Gasteiger partial charge < -0.3 is 10.0 Å². The van der Waals surface area contributed by atoms with E-state index in [1.54, 1.807) is 29.2 Å². The Balaban J connectivity index is 2.01. The molecule has 1 aliphatic rings. The fraction of sp³-hybridized carbons (Fsp3) is 0.143. The molecule has 4 nitrogen and oxygen atoms in total. The Morgan fingerprint density at radius 1 is 1.21 bits per heavy atom. The average molecular weight is 273 g/mol. The molecule has 3 rings (SSSR count). The molecule has 1 aliphatic heterocycles. The smallest absolute Gasteiger partial charge is 0.312 e. The molecule has 5 heteroatoms. The van der Waals surface area contributed by atoms with Gasteiger partial charge in [-0.2, -0.15) is 0 Å². The maximum atomic E-state index is 12.4. The first-order valence-electron chi connectivity index (χ1n) is 5.85. The van der Waals surface area contributed by atoms with Crippen molar-refractivity contribution < 1.29 is 14.7 Å². The molecule has 1 atom stereocenters. The van der Waals surface area contributed by atoms with Crippen molar-refractivity contribution in [3.63, 3.8) is 0 Å². The maximum absolute atomic E-state index is 12.4. The summed E-state index contributed by atoms with van der Waals surface area (Å²) in [6.45, 7) is 0.200. The Bertz CT molecular complexity index is 636. The van der Waals surface area contributed by atoms with Crippen LogP contribution < -0.4 is 4.90 Å². The zero-order chi connectivity index (χ0) is 13.4. The number of nitrogens with zero attached hydrogens (tertiary/aromatic N) is 1. The first-order chi connectivity index (χ1) is 9.18. The molecule has 2 aromatic rings. The molecule has 1 N–H and O–H groups in total. The Morgan fingerprint density at radius 2 is 2.00 bits per heavy atom. The van der Waals surface area contributed by atoms with Gasteiger partial charge in [-0.25, -0.2) is 0 Å². The van der Waals surface area contributed by atoms with E-state index in [-0.39, 0.29) is 12.5 Å². The number of hydrogen-bond acceptors (Lipinski definition) is 3. The van der Waals surface area contributed by atoms with Gasteiger partial charge in [-0.1, -0.05) is 24.3 Å². The minimum atomic E-state index is -0.895. The number of carboxylic acids is 1. The molecule has 0 spiro atoms. The van der Waals surface area contributed by atoms with Crippen LogP contribution in [0.3, 0.4) is 0 Å². The highest BCUT2D eigenvalue weighted by molar-refractivity contribution is 7.12. The van der Waals surface area contributed by atoms with Crippen LogP contribution in [0.1, 0.15) is 21.2 Å². The second kappa shape index (κ2) is 4.51. The van der Waals surface area contributed by atoms with E-state index >= 15 is 0 Å². The minimum Gasteiger partial charge on any atom is -0.481 e. The molecule has 96 valence electrons. The number of carbonyl (C=O) groups is 2. The zero-order valence-corrected chi connectivity index (χ0v) is 10.8. The van der Waals surface area contributed by atoms with Crippen LogP contribution >= 0.6 is 11.3 Å². The van der Waals surface area contributed by atoms with Crippen molar-refractivity contribution in [3.05, 3.63) is 52.2 Å². The normalized spacial score (nSPS) is 17.3. The number of hydrogen-bond donors (Lipinski definition) is 1. The summed E-state index contributed by atoms with van der Waals surface area (Å²) in [4.78, 5) is 25.8. The van der Waals surface area contributed by atoms with Crippen LogP contribution in [0.15, 0.2) is 41.8 Å². The van der Waals surface area contributed by atoms with Crippen LogP contribution in [0.25, 0.3) is 0 Å². The lowest BCUT2D eigenvalue weighted by molar-refractivity contribution is -0.138. The third-order valence-corrected chi connectivity index (χ3v) is 4.10. The highest BCUT2D eigenvalue weighted by Gasteiger charge is 2.36. The zero-order valence-electron chi connectivity index (χ0n) is 9.95. The van der Waals surface area contributed by atoms with Crippen LogP contribution in [0, 0.1) is 0 Å². The predicted molar refractivity (Wildman–Crippen MR) is 72.8 cm³/mol. The third-order valence-electron chi connectivity index (χ3n) is 3.24. The number of anilines is 1. The third kappa shape index (κ3) is 1.92. The number of carbonyl (C=O) groups excluding carboxylic acids is 1. The summed E-state index contributed by atoms with van der Waals surface area (Å²) in [6, 6.07) is 10.8. The molecule has 1 aromatic heterocycles. The predicted octanol–water partition coefficient (Wildman–Crippen LogP) is 2.58. The van der Waals surface area contributed by atoms with Gasteiger partial charge in [-0.05, 0) is 23.1 Å². The summed E-state index contributed by atoms with van der Waals surface area (Å²) >= 11 is 1.36. The van der Waals surface area contributed by atoms with E-state index in [1.807, 2.05) is 17.5 Å². The van der Waals surface area contributed by atoms with Gasteiger partial charge in [-0.3, -0.25) is 9.59 Å². The molecule has 0 saturated heterocycles. The lowest BCUT2D eigenvalue weighted by Crippen LogP contribution is -2.30. The van der Waals surface area contributed by atoms with Crippen molar-refractivity contribution in [2.24, 2.45) is 0 Å². The average Bonchev–Trinajstić information content (AvgIpc) is 3.05. The molecule has 0 saturated carbocycles. The Labute approximate surface area is 113 Å². The summed E-state index contributed by atoms with van der Waals surface area (Å²) in [5.74, 6) is -1.67. The maximum Gasteiger partial charge on any atom is 0.312 e. The van der Waals surface area contributed by atoms with Crippen molar-refractivity contribution in [2.75, 3.05) is 11.4 Å². The highest BCUT2D eigenvalue weighted by atomic mass is 32.1. The highest BCUT2D eigenvalue weighted by Crippen LogP contribution is 2.37. The van der Waals surface area contributed by atoms with Crippen molar-refractivity contribution in [3.8, 4) is 0 Å². The van der Waals surface area contributed by atoms with Gasteiger partial charge in [0.2, 0.25) is 0 Å². The SMILES string of the molecule is O=C(O)[C@H]1CN(C(=O)c2cccs2)c2ccccc21. The van der Waals surface area contributed by atoms with Crippen LogP contribution in [0.2, 0.25) is 0 Å². The van der Waals surface area contributed by atoms with Crippen molar-refractivity contribution >= 4 is 28.9 Å². The topological polar surface area (TPSA) is 57.6 Å². The molecule has 1 aromatic carbocycles. The Hall–Kier alpha value is -2.14. The molecule has 1 amide bonds. The summed E-state index contributed by atoms with van der Waals surface area (Å²) in [5, 5.41) is 11.1. The molecule has 19 heavy (non-hydrogen) atoms. The minimum absolute atomic E-state index is 0.133. The monoisotopic (exact) mass is 273 g/mol. The van der Waals surface area contributed by atoms with Gasteiger partial charge >= 0.3 is 5.97 Å². The summed E-state index contributed by atoms with van der Waals surface area (Å²) in [6.07, 6.45) is 0. The lowest BCUT2D eigenvalue weighted by atomic mass is 10.0. The molecule has 0 bridgehead atoms. The second-order valence-electron chi connectivity index (χ2n) is 4.34. The second-order valence-corrected chi connectivity index (χ2v) is 5.29. The van der Waals surface area contributed by atoms with Gasteiger partial charge in [-0.15, -0.1) is 11.3 Å². The number of rotatable bonds is 2. The fourth-order valence-electron chi connectivity index (χ4n) is 2.34. The molecule has 0 aliphatic carbocycles. The molecule has 0 unspecified atom stereocenters. The summed E-state index contributed by atoms with van der Waals surface area (Å²) < 4.78 is 0. The number of amides is 1. The van der Waals surface area contributed by atoms with Crippen LogP contribution in [-0.4, -0.2) is 23.5 Å². The number of aliphatic carboxylic acids is 1. The van der Waals surface area contributed by atoms with E-state index in [2.05, 4.69) is 0 Å². The van der Waals surface area contributed by atoms with Crippen molar-refractivity contribution in [1.29, 1.82) is 0 Å². The number of benzene rings is 1. The van der Waals surface area contributed by atoms with E-state index in [0.717, 1.165) is 0 Å². The van der Waals surface area contributed by atoms with Gasteiger partial charge in [0.1, 0.15) is 5.92 Å². The Morgan fingerprint density at radius 3 is 2.68 bits per heavy atom. The largest absolute Gasteiger partial charge is 0.481 e. The van der Waals surface area contributed by atoms with Crippen LogP contribution in [-0.2, 0) is 4.79 Å². The van der Waals surface area contributed by atoms with Gasteiger partial charge in [0.25, 0.3) is 5.91 Å². The van der Waals surface area contributed by atoms with Gasteiger partial charge in [0, 0.05) is 12.2 Å². The first-order valence-corrected chi connectivity index (χ1v) is 6.73. The molecular weight excluding hydrogens is 262 g/mol. The van der Waals surface area contributed by atoms with Crippen molar-refractivity contribution in [2.45, 2.75) is 5.92 Å².